The quantitative estimate of drug-likeness (QED) is 0.551. The summed E-state index contributed by atoms with van der Waals surface area (Å²) in [7, 11) is -3.85. The highest BCUT2D eigenvalue weighted by molar-refractivity contribution is 7.92. The second kappa shape index (κ2) is 7.57. The second-order valence-corrected chi connectivity index (χ2v) is 9.72. The summed E-state index contributed by atoms with van der Waals surface area (Å²) in [5.74, 6) is -1.71. The number of nitrogens with one attached hydrogen (secondary N) is 1. The number of amides is 2. The summed E-state index contributed by atoms with van der Waals surface area (Å²) in [5.41, 5.74) is 3.60. The molecule has 0 saturated carbocycles. The predicted octanol–water partition coefficient (Wildman–Crippen LogP) is 2.15. The molecule has 3 rings (SSSR count). The fourth-order valence-corrected chi connectivity index (χ4v) is 4.20. The van der Waals surface area contributed by atoms with Crippen molar-refractivity contribution in [3.8, 4) is 11.1 Å². The molecule has 1 atom stereocenters. The van der Waals surface area contributed by atoms with Crippen LogP contribution in [0.5, 0.6) is 0 Å². The molecule has 0 fully saturated rings. The predicted molar refractivity (Wildman–Crippen MR) is 104 cm³/mol. The van der Waals surface area contributed by atoms with Crippen molar-refractivity contribution >= 4 is 21.7 Å². The number of nitrogens with zero attached hydrogens (tertiary/aromatic N) is 1. The Labute approximate surface area is 168 Å². The summed E-state index contributed by atoms with van der Waals surface area (Å²) in [6.45, 7) is 1.43. The van der Waals surface area contributed by atoms with Gasteiger partial charge < -0.3 is 4.90 Å². The van der Waals surface area contributed by atoms with Crippen molar-refractivity contribution in [1.29, 1.82) is 0 Å². The van der Waals surface area contributed by atoms with Gasteiger partial charge in [0.15, 0.2) is 14.6 Å². The van der Waals surface area contributed by atoms with Crippen molar-refractivity contribution in [2.45, 2.75) is 24.6 Å². The Kier molecular flexibility index (Phi) is 5.46. The van der Waals surface area contributed by atoms with Crippen LogP contribution in [-0.2, 0) is 21.2 Å². The van der Waals surface area contributed by atoms with Crippen molar-refractivity contribution in [2.24, 2.45) is 0 Å². The van der Waals surface area contributed by atoms with Crippen LogP contribution in [0.4, 0.5) is 4.39 Å². The first-order chi connectivity index (χ1) is 13.6. The van der Waals surface area contributed by atoms with Crippen LogP contribution >= 0.6 is 0 Å². The number of carbonyl (C=O) groups excluding carboxylic acids is 2. The summed E-state index contributed by atoms with van der Waals surface area (Å²) >= 11 is 0. The number of fused-ring (bicyclic) bond motifs is 1. The van der Waals surface area contributed by atoms with Crippen LogP contribution in [0.2, 0.25) is 0 Å². The summed E-state index contributed by atoms with van der Waals surface area (Å²) in [5, 5.41) is 8.91. The molecule has 0 radical (unpaired) electrons. The van der Waals surface area contributed by atoms with Gasteiger partial charge in [0, 0.05) is 30.5 Å². The van der Waals surface area contributed by atoms with E-state index in [1.807, 2.05) is 0 Å². The molecule has 1 heterocycles. The SMILES string of the molecule is C[C@@](CCN1Cc2cc(-c3ccccc3F)ccc2C1=O)(C(=O)NO)S(C)(=O)=O. The standard InChI is InChI=1S/C20H21FN2O5S/c1-20(19(25)22-26,29(2,27)28)9-10-23-12-14-11-13(7-8-16(14)18(23)24)15-5-3-4-6-17(15)21/h3-8,11,26H,9-10,12H2,1-2H3,(H,22,25)/t20-/m1/s1. The van der Waals surface area contributed by atoms with Crippen LogP contribution in [-0.4, -0.2) is 47.9 Å². The first-order valence-corrected chi connectivity index (χ1v) is 10.8. The summed E-state index contributed by atoms with van der Waals surface area (Å²) < 4.78 is 36.3. The van der Waals surface area contributed by atoms with Gasteiger partial charge in [-0.25, -0.2) is 18.3 Å². The molecule has 2 amide bonds. The molecular formula is C20H21FN2O5S. The Bertz CT molecular complexity index is 1090. The molecule has 0 spiro atoms. The van der Waals surface area contributed by atoms with E-state index in [0.29, 0.717) is 22.3 Å². The van der Waals surface area contributed by atoms with Gasteiger partial charge in [0.2, 0.25) is 0 Å². The van der Waals surface area contributed by atoms with Gasteiger partial charge in [-0.05, 0) is 42.7 Å². The third kappa shape index (κ3) is 3.75. The van der Waals surface area contributed by atoms with Gasteiger partial charge >= 0.3 is 0 Å². The third-order valence-corrected chi connectivity index (χ3v) is 7.45. The number of benzene rings is 2. The molecular weight excluding hydrogens is 399 g/mol. The van der Waals surface area contributed by atoms with Gasteiger partial charge in [-0.3, -0.25) is 14.8 Å². The van der Waals surface area contributed by atoms with Gasteiger partial charge in [0.05, 0.1) is 0 Å². The number of rotatable bonds is 6. The number of hydrogen-bond donors (Lipinski definition) is 2. The monoisotopic (exact) mass is 420 g/mol. The summed E-state index contributed by atoms with van der Waals surface area (Å²) in [4.78, 5) is 26.0. The number of carbonyl (C=O) groups is 2. The Morgan fingerprint density at radius 1 is 1.24 bits per heavy atom. The van der Waals surface area contributed by atoms with Crippen LogP contribution in [0.15, 0.2) is 42.5 Å². The maximum atomic E-state index is 14.1. The number of sulfone groups is 1. The van der Waals surface area contributed by atoms with Gasteiger partial charge in [-0.15, -0.1) is 0 Å². The average molecular weight is 420 g/mol. The highest BCUT2D eigenvalue weighted by Gasteiger charge is 2.44. The van der Waals surface area contributed by atoms with E-state index in [4.69, 9.17) is 5.21 Å². The van der Waals surface area contributed by atoms with Crippen molar-refractivity contribution in [3.63, 3.8) is 0 Å². The molecule has 2 aromatic rings. The number of hydrogen-bond acceptors (Lipinski definition) is 5. The number of hydroxylamine groups is 1. The number of halogens is 1. The summed E-state index contributed by atoms with van der Waals surface area (Å²) in [6, 6.07) is 11.4. The van der Waals surface area contributed by atoms with Gasteiger partial charge in [-0.1, -0.05) is 24.3 Å². The first-order valence-electron chi connectivity index (χ1n) is 8.90. The molecule has 154 valence electrons. The van der Waals surface area contributed by atoms with Gasteiger partial charge in [0.1, 0.15) is 5.82 Å². The largest absolute Gasteiger partial charge is 0.334 e. The van der Waals surface area contributed by atoms with Gasteiger partial charge in [-0.2, -0.15) is 0 Å². The smallest absolute Gasteiger partial charge is 0.264 e. The Morgan fingerprint density at radius 2 is 1.93 bits per heavy atom. The molecule has 0 bridgehead atoms. The van der Waals surface area contributed by atoms with Crippen molar-refractivity contribution < 1.29 is 27.6 Å². The molecule has 2 aromatic carbocycles. The lowest BCUT2D eigenvalue weighted by molar-refractivity contribution is -0.131. The zero-order valence-corrected chi connectivity index (χ0v) is 16.8. The van der Waals surface area contributed by atoms with E-state index < -0.39 is 20.5 Å². The fraction of sp³-hybridized carbons (Fsp3) is 0.300. The zero-order chi connectivity index (χ0) is 21.4. The lowest BCUT2D eigenvalue weighted by Gasteiger charge is -2.27. The van der Waals surface area contributed by atoms with E-state index in [1.54, 1.807) is 36.4 Å². The van der Waals surface area contributed by atoms with E-state index in [9.17, 15) is 22.4 Å². The van der Waals surface area contributed by atoms with Crippen LogP contribution in [0.25, 0.3) is 11.1 Å². The maximum absolute atomic E-state index is 14.1. The van der Waals surface area contributed by atoms with Crippen LogP contribution in [0.3, 0.4) is 0 Å². The molecule has 7 nitrogen and oxygen atoms in total. The average Bonchev–Trinajstić information content (AvgIpc) is 3.00. The minimum Gasteiger partial charge on any atom is -0.334 e. The minimum atomic E-state index is -3.85. The second-order valence-electron chi connectivity index (χ2n) is 7.27. The Hall–Kier alpha value is -2.78. The van der Waals surface area contributed by atoms with E-state index in [0.717, 1.165) is 6.26 Å². The van der Waals surface area contributed by atoms with Crippen molar-refractivity contribution in [2.75, 3.05) is 12.8 Å². The van der Waals surface area contributed by atoms with Crippen molar-refractivity contribution in [3.05, 3.63) is 59.4 Å². The van der Waals surface area contributed by atoms with Gasteiger partial charge in [0.25, 0.3) is 11.8 Å². The zero-order valence-electron chi connectivity index (χ0n) is 16.0. The molecule has 0 aromatic heterocycles. The highest BCUT2D eigenvalue weighted by Crippen LogP contribution is 2.31. The molecule has 0 unspecified atom stereocenters. The van der Waals surface area contributed by atoms with Crippen LogP contribution in [0.1, 0.15) is 29.3 Å². The van der Waals surface area contributed by atoms with Crippen LogP contribution in [0, 0.1) is 5.82 Å². The maximum Gasteiger partial charge on any atom is 0.264 e. The Morgan fingerprint density at radius 3 is 2.55 bits per heavy atom. The molecule has 1 aliphatic rings. The first kappa shape index (κ1) is 20.9. The molecule has 1 aliphatic heterocycles. The lowest BCUT2D eigenvalue weighted by Crippen LogP contribution is -2.50. The molecule has 0 aliphatic carbocycles. The summed E-state index contributed by atoms with van der Waals surface area (Å²) in [6.07, 6.45) is 0.724. The van der Waals surface area contributed by atoms with Crippen molar-refractivity contribution in [1.82, 2.24) is 10.4 Å². The van der Waals surface area contributed by atoms with Crippen LogP contribution < -0.4 is 5.48 Å². The fourth-order valence-electron chi connectivity index (χ4n) is 3.36. The van der Waals surface area contributed by atoms with E-state index in [1.165, 1.54) is 23.4 Å². The molecule has 29 heavy (non-hydrogen) atoms. The van der Waals surface area contributed by atoms with E-state index >= 15 is 0 Å². The molecule has 2 N–H and O–H groups in total. The Balaban J connectivity index is 1.82. The molecule has 9 heteroatoms. The minimum absolute atomic E-state index is 0.000462. The third-order valence-electron chi connectivity index (χ3n) is 5.43. The highest BCUT2D eigenvalue weighted by atomic mass is 32.2. The molecule has 0 saturated heterocycles. The normalized spacial score (nSPS) is 15.7. The topological polar surface area (TPSA) is 104 Å². The lowest BCUT2D eigenvalue weighted by atomic mass is 10.00. The van der Waals surface area contributed by atoms with E-state index in [-0.39, 0.29) is 31.2 Å². The van der Waals surface area contributed by atoms with E-state index in [2.05, 4.69) is 0 Å².